The Morgan fingerprint density at radius 2 is 1.00 bits per heavy atom. The van der Waals surface area contributed by atoms with Gasteiger partial charge < -0.3 is 10.2 Å². The van der Waals surface area contributed by atoms with E-state index in [0.29, 0.717) is 0 Å². The Labute approximate surface area is 64.6 Å². The first-order chi connectivity index (χ1) is 0. The normalized spacial score (nSPS) is 0. The molecule has 0 rings (SSSR count). The van der Waals surface area contributed by atoms with Crippen LogP contribution in [0.2, 0.25) is 0 Å². The number of hydrogen-bond acceptors (Lipinski definition) is 0. The summed E-state index contributed by atoms with van der Waals surface area (Å²) in [6, 6.07) is 0. The van der Waals surface area contributed by atoms with Gasteiger partial charge in [-0.1, -0.05) is 0 Å². The van der Waals surface area contributed by atoms with Crippen LogP contribution in [0.5, 0.6) is 0 Å². The molecule has 0 radical (unpaired) electrons. The summed E-state index contributed by atoms with van der Waals surface area (Å²) in [5.74, 6) is 0. The zero-order valence-corrected chi connectivity index (χ0v) is 5.43. The number of rotatable bonds is 0. The van der Waals surface area contributed by atoms with Gasteiger partial charge in [0.2, 0.25) is 0 Å². The molecule has 0 aromatic carbocycles. The van der Waals surface area contributed by atoms with Gasteiger partial charge in [0.25, 0.3) is 0 Å². The summed E-state index contributed by atoms with van der Waals surface area (Å²) < 4.78 is 0. The first-order valence-electron chi connectivity index (χ1n) is 0. The second-order valence-electron chi connectivity index (χ2n) is 0. The molecular formula is AlCaFO+2. The van der Waals surface area contributed by atoms with Crippen LogP contribution in [0.1, 0.15) is 0 Å². The summed E-state index contributed by atoms with van der Waals surface area (Å²) in [6.07, 6.45) is 0. The molecule has 0 saturated carbocycles. The van der Waals surface area contributed by atoms with Crippen LogP contribution in [0.15, 0.2) is 0 Å². The Bertz CT molecular complexity index is 8.00. The van der Waals surface area contributed by atoms with Gasteiger partial charge in [-0.3, -0.25) is 0 Å². The first kappa shape index (κ1) is 44.0. The van der Waals surface area contributed by atoms with E-state index in [2.05, 4.69) is 0 Å². The van der Waals surface area contributed by atoms with E-state index in [1.807, 2.05) is 0 Å². The van der Waals surface area contributed by atoms with Crippen LogP contribution in [0, 0.1) is 0 Å². The third-order valence-electron chi connectivity index (χ3n) is 0. The Morgan fingerprint density at radius 1 is 1.00 bits per heavy atom. The molecule has 0 aromatic heterocycles. The van der Waals surface area contributed by atoms with Gasteiger partial charge in [-0.05, 0) is 0 Å². The predicted molar refractivity (Wildman–Crippen MR) is 12.2 cm³/mol. The Morgan fingerprint density at radius 3 is 1.00 bits per heavy atom. The molecule has 0 fully saturated rings. The van der Waals surface area contributed by atoms with Crippen LogP contribution in [0.3, 0.4) is 0 Å². The molecule has 4 heavy (non-hydrogen) atoms. The maximum atomic E-state index is 0. The summed E-state index contributed by atoms with van der Waals surface area (Å²) in [7, 11) is 0. The topological polar surface area (TPSA) is 28.5 Å². The molecule has 16 valence electrons. The van der Waals surface area contributed by atoms with Crippen molar-refractivity contribution in [2.24, 2.45) is 0 Å². The summed E-state index contributed by atoms with van der Waals surface area (Å²) >= 11 is 0. The Kier molecular flexibility index (Phi) is 247. The smallest absolute Gasteiger partial charge is 2.00 e. The zero-order valence-electron chi connectivity index (χ0n) is 2.07. The van der Waals surface area contributed by atoms with Crippen LogP contribution in [-0.2, 0) is 5.48 Å². The molecule has 0 unspecified atom stereocenters. The minimum atomic E-state index is 0. The van der Waals surface area contributed by atoms with Gasteiger partial charge in [-0.2, -0.15) is 0 Å². The van der Waals surface area contributed by atoms with Crippen molar-refractivity contribution in [2.75, 3.05) is 0 Å². The van der Waals surface area contributed by atoms with Crippen molar-refractivity contribution >= 4 is 55.1 Å². The average molecular weight is 102 g/mol. The maximum absolute atomic E-state index is 0. The van der Waals surface area contributed by atoms with Gasteiger partial charge in [0.15, 0.2) is 0 Å². The van der Waals surface area contributed by atoms with E-state index in [0.717, 1.165) is 0 Å². The summed E-state index contributed by atoms with van der Waals surface area (Å²) in [5, 5.41) is 0. The molecule has 0 aliphatic rings. The monoisotopic (exact) mass is 102 g/mol. The van der Waals surface area contributed by atoms with E-state index < -0.39 is 0 Å². The molecule has 0 spiro atoms. The molecule has 0 aromatic rings. The van der Waals surface area contributed by atoms with Crippen LogP contribution in [0.25, 0.3) is 0 Å². The molecule has 0 aliphatic carbocycles. The molecule has 4 heteroatoms. The average Bonchev–Trinajstić information content (AvgIpc) is 0. The predicted octanol–water partition coefficient (Wildman–Crippen LogP) is -3.88. The van der Waals surface area contributed by atoms with E-state index in [9.17, 15) is 0 Å². The standard InChI is InChI=1S/Al.Ca.FH.O/h;;1H;/q+3;+2;;-2/p-1. The second-order valence-corrected chi connectivity index (χ2v) is 0. The van der Waals surface area contributed by atoms with Crippen LogP contribution >= 0.6 is 0 Å². The third kappa shape index (κ3) is 9.36. The van der Waals surface area contributed by atoms with Crippen molar-refractivity contribution in [1.29, 1.82) is 0 Å². The number of hydrogen-bond donors (Lipinski definition) is 0. The first-order valence-corrected chi connectivity index (χ1v) is 0. The molecule has 0 N–H and O–H groups in total. The fourth-order valence-electron chi connectivity index (χ4n) is 0. The number of halogens is 1. The third-order valence-corrected chi connectivity index (χ3v) is 0. The van der Waals surface area contributed by atoms with Gasteiger partial charge in [0.1, 0.15) is 0 Å². The van der Waals surface area contributed by atoms with E-state index in [4.69, 9.17) is 0 Å². The zero-order chi connectivity index (χ0) is 0. The minimum Gasteiger partial charge on any atom is -2.00 e. The van der Waals surface area contributed by atoms with Gasteiger partial charge in [-0.25, -0.2) is 0 Å². The summed E-state index contributed by atoms with van der Waals surface area (Å²) in [4.78, 5) is 0. The minimum absolute atomic E-state index is 0. The van der Waals surface area contributed by atoms with Crippen LogP contribution in [0.4, 0.5) is 0 Å². The Hall–Kier alpha value is 1.68. The summed E-state index contributed by atoms with van der Waals surface area (Å²) in [5.41, 5.74) is 0. The van der Waals surface area contributed by atoms with Gasteiger partial charge in [-0.15, -0.1) is 0 Å². The molecule has 0 saturated heterocycles. The van der Waals surface area contributed by atoms with Gasteiger partial charge in [0.05, 0.1) is 0 Å². The fourth-order valence-corrected chi connectivity index (χ4v) is 0. The van der Waals surface area contributed by atoms with Crippen molar-refractivity contribution in [1.82, 2.24) is 0 Å². The van der Waals surface area contributed by atoms with E-state index >= 15 is 0 Å². The molecule has 1 nitrogen and oxygen atoms in total. The Balaban J connectivity index is 0. The maximum Gasteiger partial charge on any atom is 3.00 e. The molecule has 0 amide bonds. The van der Waals surface area contributed by atoms with Crippen molar-refractivity contribution in [3.05, 3.63) is 0 Å². The van der Waals surface area contributed by atoms with Gasteiger partial charge in [0, 0.05) is 0 Å². The summed E-state index contributed by atoms with van der Waals surface area (Å²) in [6.45, 7) is 0. The molecular weight excluding hydrogens is 102 g/mol. The molecule has 0 heterocycles. The van der Waals surface area contributed by atoms with Crippen LogP contribution in [-0.4, -0.2) is 55.1 Å². The quantitative estimate of drug-likeness (QED) is 0.280. The SMILES string of the molecule is [Al+3].[Ca+2].[F-].[O-2]. The van der Waals surface area contributed by atoms with E-state index in [1.165, 1.54) is 0 Å². The molecule has 0 bridgehead atoms. The second kappa shape index (κ2) is 22.4. The van der Waals surface area contributed by atoms with E-state index in [1.54, 1.807) is 0 Å². The van der Waals surface area contributed by atoms with Crippen molar-refractivity contribution in [3.63, 3.8) is 0 Å². The van der Waals surface area contributed by atoms with Crippen LogP contribution < -0.4 is 4.70 Å². The molecule has 0 atom stereocenters. The largest absolute Gasteiger partial charge is 3.00 e. The fraction of sp³-hybridized carbons (Fsp3) is 0. The molecule has 0 aliphatic heterocycles. The van der Waals surface area contributed by atoms with Gasteiger partial charge >= 0.3 is 55.1 Å². The van der Waals surface area contributed by atoms with Crippen molar-refractivity contribution < 1.29 is 10.2 Å². The van der Waals surface area contributed by atoms with Crippen molar-refractivity contribution in [2.45, 2.75) is 0 Å². The van der Waals surface area contributed by atoms with Crippen molar-refractivity contribution in [3.8, 4) is 0 Å². The van der Waals surface area contributed by atoms with E-state index in [-0.39, 0.29) is 65.3 Å².